The second kappa shape index (κ2) is 8.61. The van der Waals surface area contributed by atoms with Crippen molar-refractivity contribution in [2.45, 2.75) is 6.18 Å². The van der Waals surface area contributed by atoms with Gasteiger partial charge in [0.25, 0.3) is 11.8 Å². The molecule has 0 fully saturated rings. The fourth-order valence-corrected chi connectivity index (χ4v) is 3.06. The van der Waals surface area contributed by atoms with Crippen molar-refractivity contribution < 1.29 is 27.5 Å². The van der Waals surface area contributed by atoms with Crippen LogP contribution >= 0.6 is 0 Å². The van der Waals surface area contributed by atoms with Gasteiger partial charge in [0.1, 0.15) is 22.7 Å². The number of hydrogen-bond donors (Lipinski definition) is 3. The van der Waals surface area contributed by atoms with Crippen molar-refractivity contribution >= 4 is 28.5 Å². The molecule has 4 rings (SSSR count). The van der Waals surface area contributed by atoms with Gasteiger partial charge >= 0.3 is 6.18 Å². The molecule has 0 saturated carbocycles. The van der Waals surface area contributed by atoms with E-state index in [1.54, 1.807) is 24.3 Å². The number of imidazole rings is 1. The maximum atomic E-state index is 13.2. The summed E-state index contributed by atoms with van der Waals surface area (Å²) >= 11 is 0. The number of amides is 2. The van der Waals surface area contributed by atoms with Crippen LogP contribution in [0, 0.1) is 0 Å². The van der Waals surface area contributed by atoms with Gasteiger partial charge in [0, 0.05) is 31.1 Å². The molecule has 0 aliphatic heterocycles. The standard InChI is InChI=1S/C22H16F3N5O3/c1-26-20(31)17-11-14(8-9-27-17)33-13-5-2-4-12(10-13)28-21(32)19-29-16-7-3-6-15(18(16)30-19)22(23,24)25/h2-11H,1H3,(H,26,31)(H,28,32)(H,29,30). The van der Waals surface area contributed by atoms with Crippen molar-refractivity contribution in [3.63, 3.8) is 0 Å². The minimum atomic E-state index is -4.60. The lowest BCUT2D eigenvalue weighted by Crippen LogP contribution is -2.18. The van der Waals surface area contributed by atoms with Gasteiger partial charge in [0.05, 0.1) is 11.1 Å². The van der Waals surface area contributed by atoms with E-state index in [-0.39, 0.29) is 28.5 Å². The molecule has 4 aromatic rings. The Morgan fingerprint density at radius 2 is 1.76 bits per heavy atom. The molecule has 8 nitrogen and oxygen atoms in total. The van der Waals surface area contributed by atoms with Crippen molar-refractivity contribution in [1.82, 2.24) is 20.3 Å². The number of H-pyrrole nitrogens is 1. The summed E-state index contributed by atoms with van der Waals surface area (Å²) in [6.45, 7) is 0. The fourth-order valence-electron chi connectivity index (χ4n) is 3.06. The van der Waals surface area contributed by atoms with E-state index in [9.17, 15) is 22.8 Å². The molecule has 0 aliphatic rings. The zero-order valence-corrected chi connectivity index (χ0v) is 17.0. The Morgan fingerprint density at radius 3 is 2.52 bits per heavy atom. The van der Waals surface area contributed by atoms with Crippen LogP contribution in [0.1, 0.15) is 26.7 Å². The van der Waals surface area contributed by atoms with Crippen LogP contribution in [0.25, 0.3) is 11.0 Å². The number of fused-ring (bicyclic) bond motifs is 1. The number of aromatic amines is 1. The molecule has 168 valence electrons. The van der Waals surface area contributed by atoms with E-state index in [1.807, 2.05) is 0 Å². The molecule has 11 heteroatoms. The summed E-state index contributed by atoms with van der Waals surface area (Å²) in [6.07, 6.45) is -3.18. The normalized spacial score (nSPS) is 11.3. The van der Waals surface area contributed by atoms with E-state index in [0.29, 0.717) is 17.2 Å². The molecule has 33 heavy (non-hydrogen) atoms. The molecule has 2 aromatic heterocycles. The first kappa shape index (κ1) is 21.8. The number of carbonyl (C=O) groups excluding carboxylic acids is 2. The van der Waals surface area contributed by atoms with Crippen molar-refractivity contribution in [2.24, 2.45) is 0 Å². The van der Waals surface area contributed by atoms with Gasteiger partial charge in [-0.1, -0.05) is 12.1 Å². The van der Waals surface area contributed by atoms with Crippen LogP contribution in [0.15, 0.2) is 60.8 Å². The van der Waals surface area contributed by atoms with Gasteiger partial charge in [-0.15, -0.1) is 0 Å². The van der Waals surface area contributed by atoms with Crippen LogP contribution < -0.4 is 15.4 Å². The number of anilines is 1. The first-order valence-corrected chi connectivity index (χ1v) is 9.58. The molecule has 0 atom stereocenters. The predicted octanol–water partition coefficient (Wildman–Crippen LogP) is 4.38. The third kappa shape index (κ3) is 4.76. The number of pyridine rings is 1. The second-order valence-corrected chi connectivity index (χ2v) is 6.82. The molecule has 2 heterocycles. The topological polar surface area (TPSA) is 109 Å². The van der Waals surface area contributed by atoms with Gasteiger partial charge in [-0.3, -0.25) is 14.6 Å². The van der Waals surface area contributed by atoms with Gasteiger partial charge in [-0.05, 0) is 30.3 Å². The molecule has 2 amide bonds. The molecule has 0 aliphatic carbocycles. The molecule has 3 N–H and O–H groups in total. The van der Waals surface area contributed by atoms with Crippen molar-refractivity contribution in [3.8, 4) is 11.5 Å². The number of para-hydroxylation sites is 1. The first-order chi connectivity index (χ1) is 15.7. The molecule has 0 spiro atoms. The molecule has 0 unspecified atom stereocenters. The van der Waals surface area contributed by atoms with E-state index in [1.165, 1.54) is 37.5 Å². The third-order valence-corrected chi connectivity index (χ3v) is 4.55. The maximum Gasteiger partial charge on any atom is 0.418 e. The monoisotopic (exact) mass is 455 g/mol. The van der Waals surface area contributed by atoms with Crippen molar-refractivity contribution in [2.75, 3.05) is 12.4 Å². The number of ether oxygens (including phenoxy) is 1. The number of rotatable bonds is 5. The Balaban J connectivity index is 1.53. The van der Waals surface area contributed by atoms with Gasteiger partial charge < -0.3 is 20.4 Å². The zero-order chi connectivity index (χ0) is 23.6. The van der Waals surface area contributed by atoms with Crippen LogP contribution in [0.2, 0.25) is 0 Å². The van der Waals surface area contributed by atoms with Crippen molar-refractivity contribution in [1.29, 1.82) is 0 Å². The molecular formula is C22H16F3N5O3. The quantitative estimate of drug-likeness (QED) is 0.414. The number of aromatic nitrogens is 3. The lowest BCUT2D eigenvalue weighted by molar-refractivity contribution is -0.136. The van der Waals surface area contributed by atoms with Crippen LogP contribution in [0.3, 0.4) is 0 Å². The Labute approximate surface area is 184 Å². The Morgan fingerprint density at radius 1 is 1.00 bits per heavy atom. The number of halogens is 3. The van der Waals surface area contributed by atoms with Crippen LogP contribution in [-0.4, -0.2) is 33.8 Å². The number of benzene rings is 2. The third-order valence-electron chi connectivity index (χ3n) is 4.55. The number of carbonyl (C=O) groups is 2. The van der Waals surface area contributed by atoms with E-state index >= 15 is 0 Å². The largest absolute Gasteiger partial charge is 0.457 e. The Kier molecular flexibility index (Phi) is 5.69. The SMILES string of the molecule is CNC(=O)c1cc(Oc2cccc(NC(=O)c3nc4c(C(F)(F)F)cccc4[nH]3)c2)ccn1. The first-order valence-electron chi connectivity index (χ1n) is 9.58. The lowest BCUT2D eigenvalue weighted by atomic mass is 10.2. The summed E-state index contributed by atoms with van der Waals surface area (Å²) in [4.78, 5) is 34.7. The summed E-state index contributed by atoms with van der Waals surface area (Å²) in [5, 5.41) is 5.04. The minimum absolute atomic E-state index is 0.0941. The number of alkyl halides is 3. The van der Waals surface area contributed by atoms with Gasteiger partial charge in [0.2, 0.25) is 0 Å². The minimum Gasteiger partial charge on any atom is -0.457 e. The smallest absolute Gasteiger partial charge is 0.418 e. The molecule has 0 radical (unpaired) electrons. The number of hydrogen-bond acceptors (Lipinski definition) is 5. The molecular weight excluding hydrogens is 439 g/mol. The average Bonchev–Trinajstić information content (AvgIpc) is 3.23. The Bertz CT molecular complexity index is 1350. The molecule has 0 saturated heterocycles. The van der Waals surface area contributed by atoms with E-state index in [4.69, 9.17) is 4.74 Å². The average molecular weight is 455 g/mol. The zero-order valence-electron chi connectivity index (χ0n) is 17.0. The fraction of sp³-hybridized carbons (Fsp3) is 0.0909. The summed E-state index contributed by atoms with van der Waals surface area (Å²) in [5.74, 6) is -0.657. The van der Waals surface area contributed by atoms with E-state index in [0.717, 1.165) is 6.07 Å². The summed E-state index contributed by atoms with van der Waals surface area (Å²) in [6, 6.07) is 12.9. The van der Waals surface area contributed by atoms with Gasteiger partial charge in [0.15, 0.2) is 5.82 Å². The summed E-state index contributed by atoms with van der Waals surface area (Å²) in [5.41, 5.74) is -0.676. The van der Waals surface area contributed by atoms with Crippen LogP contribution in [-0.2, 0) is 6.18 Å². The highest BCUT2D eigenvalue weighted by atomic mass is 19.4. The highest BCUT2D eigenvalue weighted by Crippen LogP contribution is 2.34. The second-order valence-electron chi connectivity index (χ2n) is 6.82. The highest BCUT2D eigenvalue weighted by Gasteiger charge is 2.34. The van der Waals surface area contributed by atoms with Crippen LogP contribution in [0.5, 0.6) is 11.5 Å². The lowest BCUT2D eigenvalue weighted by Gasteiger charge is -2.09. The molecule has 2 aromatic carbocycles. The maximum absolute atomic E-state index is 13.2. The van der Waals surface area contributed by atoms with Crippen LogP contribution in [0.4, 0.5) is 18.9 Å². The van der Waals surface area contributed by atoms with Gasteiger partial charge in [-0.25, -0.2) is 4.98 Å². The number of nitrogens with zero attached hydrogens (tertiary/aromatic N) is 2. The highest BCUT2D eigenvalue weighted by molar-refractivity contribution is 6.03. The van der Waals surface area contributed by atoms with E-state index < -0.39 is 17.6 Å². The van der Waals surface area contributed by atoms with E-state index in [2.05, 4.69) is 25.6 Å². The van der Waals surface area contributed by atoms with Gasteiger partial charge in [-0.2, -0.15) is 13.2 Å². The van der Waals surface area contributed by atoms with Crippen molar-refractivity contribution in [3.05, 3.63) is 77.9 Å². The number of nitrogens with one attached hydrogen (secondary N) is 3. The molecule has 0 bridgehead atoms. The predicted molar refractivity (Wildman–Crippen MR) is 113 cm³/mol. The Hall–Kier alpha value is -4.41. The summed E-state index contributed by atoms with van der Waals surface area (Å²) in [7, 11) is 1.48. The summed E-state index contributed by atoms with van der Waals surface area (Å²) < 4.78 is 45.3.